The second-order valence-corrected chi connectivity index (χ2v) is 9.85. The minimum atomic E-state index is -0.828. The molecule has 0 unspecified atom stereocenters. The van der Waals surface area contributed by atoms with Crippen LogP contribution >= 0.6 is 0 Å². The van der Waals surface area contributed by atoms with Crippen LogP contribution < -0.4 is 5.32 Å². The summed E-state index contributed by atoms with van der Waals surface area (Å²) >= 11 is 0. The van der Waals surface area contributed by atoms with Crippen LogP contribution in [0.5, 0.6) is 0 Å². The van der Waals surface area contributed by atoms with Crippen molar-refractivity contribution >= 4 is 11.7 Å². The number of aryl methyl sites for hydroxylation is 1. The van der Waals surface area contributed by atoms with Crippen molar-refractivity contribution in [1.29, 1.82) is 0 Å². The van der Waals surface area contributed by atoms with Crippen LogP contribution in [0.4, 0.5) is 13.6 Å². The molecule has 1 amide bonds. The Morgan fingerprint density at radius 3 is 2.76 bits per heavy atom. The van der Waals surface area contributed by atoms with Gasteiger partial charge in [-0.25, -0.2) is 23.1 Å². The molecule has 1 aromatic carbocycles. The lowest BCUT2D eigenvalue weighted by atomic mass is 9.94. The number of piperidine rings is 1. The van der Waals surface area contributed by atoms with Gasteiger partial charge in [-0.1, -0.05) is 6.07 Å². The fraction of sp³-hybridized carbons (Fsp3) is 0.480. The maximum atomic E-state index is 13.6. The van der Waals surface area contributed by atoms with Crippen molar-refractivity contribution in [3.8, 4) is 0 Å². The van der Waals surface area contributed by atoms with E-state index in [1.807, 2.05) is 38.3 Å². The lowest BCUT2D eigenvalue weighted by Crippen LogP contribution is -2.34. The Hall–Kier alpha value is -3.07. The number of alkyl carbamates (subject to hydrolysis) is 1. The highest BCUT2D eigenvalue weighted by molar-refractivity contribution is 5.68. The number of fused-ring (bicyclic) bond motifs is 1. The second kappa shape index (κ2) is 9.66. The molecule has 7 nitrogen and oxygen atoms in total. The van der Waals surface area contributed by atoms with Crippen molar-refractivity contribution in [1.82, 2.24) is 24.8 Å². The number of rotatable bonds is 5. The largest absolute Gasteiger partial charge is 0.444 e. The molecule has 1 N–H and O–H groups in total. The van der Waals surface area contributed by atoms with Crippen LogP contribution in [0.2, 0.25) is 0 Å². The number of benzene rings is 1. The van der Waals surface area contributed by atoms with Gasteiger partial charge < -0.3 is 10.1 Å². The quantitative estimate of drug-likeness (QED) is 0.583. The van der Waals surface area contributed by atoms with Gasteiger partial charge in [0.15, 0.2) is 17.3 Å². The zero-order valence-electron chi connectivity index (χ0n) is 20.1. The van der Waals surface area contributed by atoms with Crippen LogP contribution in [-0.2, 0) is 17.8 Å². The van der Waals surface area contributed by atoms with Crippen LogP contribution in [-0.4, -0.2) is 44.3 Å². The van der Waals surface area contributed by atoms with Gasteiger partial charge in [-0.3, -0.25) is 4.90 Å². The van der Waals surface area contributed by atoms with E-state index >= 15 is 0 Å². The number of carbonyl (C=O) groups excluding carboxylic acids is 1. The van der Waals surface area contributed by atoms with E-state index in [0.29, 0.717) is 12.2 Å². The summed E-state index contributed by atoms with van der Waals surface area (Å²) in [5.74, 6) is -1.43. The maximum Gasteiger partial charge on any atom is 0.407 e. The van der Waals surface area contributed by atoms with E-state index in [1.165, 1.54) is 12.1 Å². The lowest BCUT2D eigenvalue weighted by molar-refractivity contribution is 0.0523. The highest BCUT2D eigenvalue weighted by Gasteiger charge is 2.25. The number of aromatic nitrogens is 3. The molecule has 1 aliphatic rings. The number of nitrogens with zero attached hydrogens (tertiary/aromatic N) is 4. The SMILES string of the molecule is Cc1nn2c([C@H]3CCCN(Cc4ccc(F)c(F)c4)C3)ccnc2c1CNC(=O)OC(C)(C)C. The summed E-state index contributed by atoms with van der Waals surface area (Å²) in [6.45, 7) is 9.87. The van der Waals surface area contributed by atoms with Crippen LogP contribution in [0.3, 0.4) is 0 Å². The minimum Gasteiger partial charge on any atom is -0.444 e. The summed E-state index contributed by atoms with van der Waals surface area (Å²) in [5.41, 5.74) is 3.59. The molecular formula is C25H31F2N5O2. The molecule has 3 heterocycles. The van der Waals surface area contributed by atoms with Crippen molar-refractivity contribution in [3.63, 3.8) is 0 Å². The first-order valence-electron chi connectivity index (χ1n) is 11.6. The van der Waals surface area contributed by atoms with Gasteiger partial charge >= 0.3 is 6.09 Å². The lowest BCUT2D eigenvalue weighted by Gasteiger charge is -2.33. The number of likely N-dealkylation sites (tertiary alicyclic amines) is 1. The van der Waals surface area contributed by atoms with E-state index in [9.17, 15) is 13.6 Å². The summed E-state index contributed by atoms with van der Waals surface area (Å²) in [5, 5.41) is 7.52. The third-order valence-corrected chi connectivity index (χ3v) is 5.97. The smallest absolute Gasteiger partial charge is 0.407 e. The predicted molar refractivity (Wildman–Crippen MR) is 124 cm³/mol. The molecule has 4 rings (SSSR count). The first-order valence-corrected chi connectivity index (χ1v) is 11.6. The zero-order valence-corrected chi connectivity index (χ0v) is 20.1. The molecule has 1 fully saturated rings. The van der Waals surface area contributed by atoms with Gasteiger partial charge in [0.2, 0.25) is 0 Å². The summed E-state index contributed by atoms with van der Waals surface area (Å²) in [4.78, 5) is 18.9. The molecule has 0 aliphatic carbocycles. The van der Waals surface area contributed by atoms with Gasteiger partial charge in [0.05, 0.1) is 17.9 Å². The Labute approximate surface area is 198 Å². The van der Waals surface area contributed by atoms with Gasteiger partial charge in [-0.05, 0) is 70.8 Å². The van der Waals surface area contributed by atoms with Crippen molar-refractivity contribution in [2.24, 2.45) is 0 Å². The number of amides is 1. The summed E-state index contributed by atoms with van der Waals surface area (Å²) in [6.07, 6.45) is 3.28. The number of hydrogen-bond acceptors (Lipinski definition) is 5. The Morgan fingerprint density at radius 2 is 2.03 bits per heavy atom. The van der Waals surface area contributed by atoms with Gasteiger partial charge in [0.1, 0.15) is 5.60 Å². The Kier molecular flexibility index (Phi) is 6.84. The average molecular weight is 472 g/mol. The van der Waals surface area contributed by atoms with Crippen LogP contribution in [0.25, 0.3) is 5.65 Å². The monoisotopic (exact) mass is 471 g/mol. The molecule has 1 saturated heterocycles. The van der Waals surface area contributed by atoms with Crippen LogP contribution in [0.15, 0.2) is 30.5 Å². The summed E-state index contributed by atoms with van der Waals surface area (Å²) in [7, 11) is 0. The molecule has 0 bridgehead atoms. The highest BCUT2D eigenvalue weighted by atomic mass is 19.2. The van der Waals surface area contributed by atoms with Crippen molar-refractivity contribution in [3.05, 3.63) is 64.6 Å². The molecule has 34 heavy (non-hydrogen) atoms. The fourth-order valence-electron chi connectivity index (χ4n) is 4.44. The first kappa shape index (κ1) is 24.1. The van der Waals surface area contributed by atoms with Gasteiger partial charge in [-0.2, -0.15) is 5.10 Å². The fourth-order valence-corrected chi connectivity index (χ4v) is 4.44. The van der Waals surface area contributed by atoms with Crippen molar-refractivity contribution in [2.75, 3.05) is 13.1 Å². The Balaban J connectivity index is 1.51. The van der Waals surface area contributed by atoms with Crippen LogP contribution in [0.1, 0.15) is 62.0 Å². The molecule has 0 radical (unpaired) electrons. The van der Waals surface area contributed by atoms with E-state index in [4.69, 9.17) is 9.84 Å². The minimum absolute atomic E-state index is 0.218. The molecular weight excluding hydrogens is 440 g/mol. The van der Waals surface area contributed by atoms with E-state index in [1.54, 1.807) is 12.3 Å². The maximum absolute atomic E-state index is 13.6. The number of halogens is 2. The van der Waals surface area contributed by atoms with E-state index in [-0.39, 0.29) is 12.5 Å². The molecule has 0 spiro atoms. The van der Waals surface area contributed by atoms with Crippen LogP contribution in [0, 0.1) is 18.6 Å². The number of hydrogen-bond donors (Lipinski definition) is 1. The second-order valence-electron chi connectivity index (χ2n) is 9.85. The molecule has 2 aromatic heterocycles. The molecule has 1 aliphatic heterocycles. The molecule has 3 aromatic rings. The standard InChI is InChI=1S/C25H31F2N5O2/c1-16-19(13-29-24(33)34-25(2,3)4)23-28-10-9-22(32(23)30-16)18-6-5-11-31(15-18)14-17-7-8-20(26)21(27)12-17/h7-10,12,18H,5-6,11,13-15H2,1-4H3,(H,29,33)/t18-/m0/s1. The normalized spacial score (nSPS) is 17.2. The molecule has 1 atom stereocenters. The Bertz CT molecular complexity index is 1190. The van der Waals surface area contributed by atoms with Gasteiger partial charge in [0.25, 0.3) is 0 Å². The summed E-state index contributed by atoms with van der Waals surface area (Å²) in [6, 6.07) is 6.06. The van der Waals surface area contributed by atoms with E-state index < -0.39 is 23.3 Å². The Morgan fingerprint density at radius 1 is 1.24 bits per heavy atom. The predicted octanol–water partition coefficient (Wildman–Crippen LogP) is 4.72. The first-order chi connectivity index (χ1) is 16.1. The zero-order chi connectivity index (χ0) is 24.5. The molecule has 0 saturated carbocycles. The summed E-state index contributed by atoms with van der Waals surface area (Å²) < 4.78 is 34.1. The highest BCUT2D eigenvalue weighted by Crippen LogP contribution is 2.29. The third-order valence-electron chi connectivity index (χ3n) is 5.97. The van der Waals surface area contributed by atoms with Crippen molar-refractivity contribution in [2.45, 2.75) is 65.1 Å². The number of ether oxygens (including phenoxy) is 1. The van der Waals surface area contributed by atoms with Gasteiger partial charge in [0, 0.05) is 30.8 Å². The topological polar surface area (TPSA) is 71.8 Å². The van der Waals surface area contributed by atoms with E-state index in [2.05, 4.69) is 15.2 Å². The van der Waals surface area contributed by atoms with Crippen molar-refractivity contribution < 1.29 is 18.3 Å². The van der Waals surface area contributed by atoms with E-state index in [0.717, 1.165) is 48.4 Å². The third kappa shape index (κ3) is 5.52. The number of nitrogens with one attached hydrogen (secondary N) is 1. The molecule has 182 valence electrons. The average Bonchev–Trinajstić information content (AvgIpc) is 3.09. The van der Waals surface area contributed by atoms with Gasteiger partial charge in [-0.15, -0.1) is 0 Å². The molecule has 9 heteroatoms. The number of carbonyl (C=O) groups is 1.